The van der Waals surface area contributed by atoms with E-state index in [2.05, 4.69) is 9.68 Å². The third-order valence-corrected chi connectivity index (χ3v) is 3.56. The summed E-state index contributed by atoms with van der Waals surface area (Å²) in [5.41, 5.74) is 0. The molecule has 0 spiro atoms. The highest BCUT2D eigenvalue weighted by Crippen LogP contribution is 2.13. The van der Waals surface area contributed by atoms with Gasteiger partial charge in [-0.05, 0) is 12.5 Å². The number of hydroxylamine groups is 4. The zero-order chi connectivity index (χ0) is 19.3. The molecule has 0 saturated carbocycles. The highest BCUT2D eigenvalue weighted by atomic mass is 16.7. The Kier molecular flexibility index (Phi) is 6.04. The molecule has 2 aliphatic rings. The van der Waals surface area contributed by atoms with E-state index in [0.29, 0.717) is 16.7 Å². The van der Waals surface area contributed by atoms with E-state index >= 15 is 0 Å². The molecule has 0 aromatic heterocycles. The molecule has 0 aliphatic carbocycles. The molecule has 1 saturated heterocycles. The summed E-state index contributed by atoms with van der Waals surface area (Å²) >= 11 is 0. The largest absolute Gasteiger partial charge is 0.421 e. The van der Waals surface area contributed by atoms with Crippen LogP contribution in [0.2, 0.25) is 0 Å². The first-order valence-electron chi connectivity index (χ1n) is 7.82. The van der Waals surface area contributed by atoms with Crippen LogP contribution in [0.15, 0.2) is 12.3 Å². The predicted octanol–water partition coefficient (Wildman–Crippen LogP) is -0.964. The molecule has 0 N–H and O–H groups in total. The van der Waals surface area contributed by atoms with Crippen molar-refractivity contribution in [2.24, 2.45) is 0 Å². The normalized spacial score (nSPS) is 15.6. The molecule has 2 rings (SSSR count). The third-order valence-electron chi connectivity index (χ3n) is 3.56. The van der Waals surface area contributed by atoms with Gasteiger partial charge in [0.25, 0.3) is 17.7 Å². The van der Waals surface area contributed by atoms with Gasteiger partial charge in [0.15, 0.2) is 0 Å². The zero-order valence-electron chi connectivity index (χ0n) is 14.0. The maximum atomic E-state index is 11.8. The maximum Gasteiger partial charge on any atom is 0.421 e. The van der Waals surface area contributed by atoms with E-state index in [4.69, 9.17) is 0 Å². The highest BCUT2D eigenvalue weighted by Gasteiger charge is 2.32. The van der Waals surface area contributed by atoms with Crippen LogP contribution in [0.1, 0.15) is 32.1 Å². The minimum atomic E-state index is -1.20. The fourth-order valence-electron chi connectivity index (χ4n) is 2.04. The van der Waals surface area contributed by atoms with Gasteiger partial charge in [-0.25, -0.2) is 9.59 Å². The Morgan fingerprint density at radius 3 is 2.27 bits per heavy atom. The average Bonchev–Trinajstić information content (AvgIpc) is 2.84. The molecule has 140 valence electrons. The summed E-state index contributed by atoms with van der Waals surface area (Å²) in [5.74, 6) is -4.74. The van der Waals surface area contributed by atoms with Crippen molar-refractivity contribution in [3.05, 3.63) is 12.3 Å². The number of rotatable bonds is 5. The Balaban J connectivity index is 1.67. The molecule has 11 heteroatoms. The number of imide groups is 1. The van der Waals surface area contributed by atoms with Crippen molar-refractivity contribution in [2.75, 3.05) is 13.6 Å². The first-order valence-corrected chi connectivity index (χ1v) is 7.82. The third kappa shape index (κ3) is 4.65. The standard InChI is InChI=1S/C15H17N3O8/c1-16(26-15(24)14(23)17-8-3-9-17)10(19)4-2-5-13(22)25-18-11(20)6-7-12(18)21/h3,8H,2,4-7,9H2,1H3. The molecule has 2 aliphatic heterocycles. The Labute approximate surface area is 148 Å². The summed E-state index contributed by atoms with van der Waals surface area (Å²) in [6.07, 6.45) is 2.72. The van der Waals surface area contributed by atoms with E-state index in [0.717, 1.165) is 4.90 Å². The average molecular weight is 367 g/mol. The summed E-state index contributed by atoms with van der Waals surface area (Å²) in [6.45, 7) is 0.301. The van der Waals surface area contributed by atoms with Crippen LogP contribution in [0.5, 0.6) is 0 Å². The lowest BCUT2D eigenvalue weighted by Gasteiger charge is -2.23. The first kappa shape index (κ1) is 19.1. The smallest absolute Gasteiger partial charge is 0.330 e. The molecule has 0 bridgehead atoms. The highest BCUT2D eigenvalue weighted by molar-refractivity contribution is 6.32. The van der Waals surface area contributed by atoms with E-state index < -0.39 is 35.6 Å². The Bertz CT molecular complexity index is 670. The fourth-order valence-corrected chi connectivity index (χ4v) is 2.04. The van der Waals surface area contributed by atoms with Gasteiger partial charge in [-0.2, -0.15) is 5.06 Å². The van der Waals surface area contributed by atoms with E-state index in [-0.39, 0.29) is 32.1 Å². The molecule has 0 radical (unpaired) electrons. The lowest BCUT2D eigenvalue weighted by atomic mass is 10.2. The monoisotopic (exact) mass is 367 g/mol. The number of nitrogens with zero attached hydrogens (tertiary/aromatic N) is 3. The van der Waals surface area contributed by atoms with Gasteiger partial charge in [0.1, 0.15) is 0 Å². The van der Waals surface area contributed by atoms with Crippen LogP contribution in [-0.4, -0.2) is 64.2 Å². The molecule has 0 unspecified atom stereocenters. The second-order valence-electron chi connectivity index (χ2n) is 5.51. The predicted molar refractivity (Wildman–Crippen MR) is 80.7 cm³/mol. The van der Waals surface area contributed by atoms with Gasteiger partial charge in [0, 0.05) is 45.5 Å². The maximum absolute atomic E-state index is 11.8. The summed E-state index contributed by atoms with van der Waals surface area (Å²) in [6, 6.07) is 0. The fraction of sp³-hybridized carbons (Fsp3) is 0.467. The quantitative estimate of drug-likeness (QED) is 0.345. The number of amides is 4. The minimum Gasteiger partial charge on any atom is -0.330 e. The van der Waals surface area contributed by atoms with Crippen LogP contribution >= 0.6 is 0 Å². The van der Waals surface area contributed by atoms with Crippen LogP contribution in [0.25, 0.3) is 0 Å². The summed E-state index contributed by atoms with van der Waals surface area (Å²) in [5, 5.41) is 1.04. The molecule has 0 atom stereocenters. The summed E-state index contributed by atoms with van der Waals surface area (Å²) < 4.78 is 0. The Morgan fingerprint density at radius 1 is 1.12 bits per heavy atom. The van der Waals surface area contributed by atoms with Crippen LogP contribution < -0.4 is 0 Å². The molecule has 26 heavy (non-hydrogen) atoms. The van der Waals surface area contributed by atoms with Gasteiger partial charge in [0.05, 0.1) is 0 Å². The van der Waals surface area contributed by atoms with Gasteiger partial charge in [-0.3, -0.25) is 19.2 Å². The van der Waals surface area contributed by atoms with E-state index in [1.807, 2.05) is 0 Å². The van der Waals surface area contributed by atoms with Crippen LogP contribution in [0.3, 0.4) is 0 Å². The molecule has 1 fully saturated rings. The van der Waals surface area contributed by atoms with Gasteiger partial charge in [-0.1, -0.05) is 0 Å². The second-order valence-corrected chi connectivity index (χ2v) is 5.51. The molecule has 0 aromatic carbocycles. The topological polar surface area (TPSA) is 131 Å². The van der Waals surface area contributed by atoms with Crippen molar-refractivity contribution in [2.45, 2.75) is 32.1 Å². The Hall–Kier alpha value is -3.24. The molecule has 2 heterocycles. The molecular formula is C15H17N3O8. The van der Waals surface area contributed by atoms with Crippen molar-refractivity contribution in [3.8, 4) is 0 Å². The first-order chi connectivity index (χ1) is 12.3. The van der Waals surface area contributed by atoms with E-state index in [1.54, 1.807) is 6.08 Å². The number of carbonyl (C=O) groups excluding carboxylic acids is 6. The summed E-state index contributed by atoms with van der Waals surface area (Å²) in [7, 11) is 1.17. The number of hydrogen-bond acceptors (Lipinski definition) is 8. The van der Waals surface area contributed by atoms with Gasteiger partial charge in [0.2, 0.25) is 0 Å². The van der Waals surface area contributed by atoms with Crippen LogP contribution in [-0.2, 0) is 38.4 Å². The Morgan fingerprint density at radius 2 is 1.73 bits per heavy atom. The van der Waals surface area contributed by atoms with Gasteiger partial charge >= 0.3 is 17.8 Å². The zero-order valence-corrected chi connectivity index (χ0v) is 14.0. The number of hydrogen-bond donors (Lipinski definition) is 0. The van der Waals surface area contributed by atoms with E-state index in [9.17, 15) is 28.8 Å². The van der Waals surface area contributed by atoms with Crippen molar-refractivity contribution >= 4 is 35.6 Å². The second kappa shape index (κ2) is 8.23. The molecule has 4 amide bonds. The SMILES string of the molecule is CN(OC(=O)C(=O)N1C=CC1)C(=O)CCCC(=O)ON1C(=O)CCC1=O. The van der Waals surface area contributed by atoms with Crippen molar-refractivity contribution < 1.29 is 38.4 Å². The summed E-state index contributed by atoms with van der Waals surface area (Å²) in [4.78, 5) is 79.5. The van der Waals surface area contributed by atoms with E-state index in [1.165, 1.54) is 13.2 Å². The number of carbonyl (C=O) groups is 6. The lowest BCUT2D eigenvalue weighted by Crippen LogP contribution is -2.41. The van der Waals surface area contributed by atoms with Crippen LogP contribution in [0, 0.1) is 0 Å². The van der Waals surface area contributed by atoms with Crippen molar-refractivity contribution in [1.29, 1.82) is 0 Å². The van der Waals surface area contributed by atoms with Gasteiger partial charge < -0.3 is 14.6 Å². The molecule has 11 nitrogen and oxygen atoms in total. The molecular weight excluding hydrogens is 350 g/mol. The molecule has 0 aromatic rings. The van der Waals surface area contributed by atoms with Crippen molar-refractivity contribution in [1.82, 2.24) is 15.0 Å². The van der Waals surface area contributed by atoms with Gasteiger partial charge in [-0.15, -0.1) is 5.06 Å². The minimum absolute atomic E-state index is 0.00724. The van der Waals surface area contributed by atoms with Crippen molar-refractivity contribution in [3.63, 3.8) is 0 Å². The van der Waals surface area contributed by atoms with Crippen LogP contribution in [0.4, 0.5) is 0 Å². The lowest BCUT2D eigenvalue weighted by molar-refractivity contribution is -0.198.